The minimum atomic E-state index is 0.947. The molecule has 2 aliphatic heterocycles. The molecule has 0 saturated heterocycles. The van der Waals surface area contributed by atoms with Crippen LogP contribution >= 0.6 is 0 Å². The number of hydrogen-bond donors (Lipinski definition) is 0. The summed E-state index contributed by atoms with van der Waals surface area (Å²) in [5.74, 6) is 3.85. The first-order valence-electron chi connectivity index (χ1n) is 8.44. The van der Waals surface area contributed by atoms with Gasteiger partial charge in [-0.15, -0.1) is 0 Å². The zero-order valence-corrected chi connectivity index (χ0v) is 13.4. The molecule has 0 saturated carbocycles. The molecule has 7 heteroatoms. The number of aromatic nitrogens is 5. The molecule has 0 bridgehead atoms. The lowest BCUT2D eigenvalue weighted by Crippen LogP contribution is -2.31. The van der Waals surface area contributed by atoms with Crippen molar-refractivity contribution in [2.45, 2.75) is 25.9 Å². The van der Waals surface area contributed by atoms with Crippen LogP contribution in [0, 0.1) is 0 Å². The Morgan fingerprint density at radius 1 is 0.708 bits per heavy atom. The van der Waals surface area contributed by atoms with E-state index in [1.54, 1.807) is 0 Å². The molecule has 0 aliphatic carbocycles. The Balaban J connectivity index is 1.53. The van der Waals surface area contributed by atoms with Gasteiger partial charge in [-0.25, -0.2) is 15.0 Å². The van der Waals surface area contributed by atoms with Crippen LogP contribution in [0.1, 0.15) is 12.8 Å². The molecular weight excluding hydrogens is 302 g/mol. The number of fused-ring (bicyclic) bond motifs is 2. The van der Waals surface area contributed by atoms with Gasteiger partial charge >= 0.3 is 0 Å². The maximum atomic E-state index is 4.92. The maximum absolute atomic E-state index is 4.92. The minimum absolute atomic E-state index is 0.947. The van der Waals surface area contributed by atoms with Crippen LogP contribution in [-0.4, -0.2) is 37.2 Å². The highest BCUT2D eigenvalue weighted by Crippen LogP contribution is 2.31. The van der Waals surface area contributed by atoms with Gasteiger partial charge in [-0.05, 0) is 25.0 Å². The lowest BCUT2D eigenvalue weighted by atomic mass is 10.3. The topological polar surface area (TPSA) is 55.0 Å². The second-order valence-corrected chi connectivity index (χ2v) is 6.21. The summed E-state index contributed by atoms with van der Waals surface area (Å²) in [7, 11) is 0. The maximum Gasteiger partial charge on any atom is 0.211 e. The Morgan fingerprint density at radius 2 is 1.25 bits per heavy atom. The highest BCUT2D eigenvalue weighted by atomic mass is 15.4. The third-order valence-corrected chi connectivity index (χ3v) is 4.70. The Morgan fingerprint density at radius 3 is 1.79 bits per heavy atom. The summed E-state index contributed by atoms with van der Waals surface area (Å²) in [5.41, 5.74) is 0. The van der Waals surface area contributed by atoms with Crippen LogP contribution in [0.4, 0.5) is 23.5 Å². The monoisotopic (exact) mass is 321 g/mol. The fraction of sp³-hybridized carbons (Fsp3) is 0.353. The molecule has 24 heavy (non-hydrogen) atoms. The molecule has 2 aliphatic rings. The lowest BCUT2D eigenvalue weighted by molar-refractivity contribution is 0.583. The van der Waals surface area contributed by atoms with Crippen molar-refractivity contribution < 1.29 is 0 Å². The van der Waals surface area contributed by atoms with Gasteiger partial charge in [0, 0.05) is 51.0 Å². The smallest absolute Gasteiger partial charge is 0.211 e. The molecular formula is C17H19N7. The van der Waals surface area contributed by atoms with Crippen molar-refractivity contribution in [3.05, 3.63) is 43.0 Å². The number of anilines is 4. The molecule has 5 rings (SSSR count). The standard InChI is InChI=1S/C17H19N7/c1-4-14(23-10-2-8-21-12-6-18-16(21)23)20-15(5-1)24-11-3-9-22-13-7-19-17(22)24/h1,4-7,12-13H,2-3,8-11H2. The van der Waals surface area contributed by atoms with E-state index in [1.165, 1.54) is 0 Å². The average Bonchev–Trinajstić information content (AvgIpc) is 3.30. The molecule has 0 aromatic carbocycles. The van der Waals surface area contributed by atoms with Gasteiger partial charge in [-0.3, -0.25) is 9.80 Å². The van der Waals surface area contributed by atoms with Crippen molar-refractivity contribution in [1.29, 1.82) is 0 Å². The van der Waals surface area contributed by atoms with Crippen LogP contribution in [0.5, 0.6) is 0 Å². The van der Waals surface area contributed by atoms with Gasteiger partial charge in [-0.1, -0.05) is 6.07 Å². The van der Waals surface area contributed by atoms with E-state index >= 15 is 0 Å². The fourth-order valence-corrected chi connectivity index (χ4v) is 3.59. The van der Waals surface area contributed by atoms with E-state index in [-0.39, 0.29) is 0 Å². The Kier molecular flexibility index (Phi) is 3.04. The van der Waals surface area contributed by atoms with Crippen molar-refractivity contribution >= 4 is 23.5 Å². The highest BCUT2D eigenvalue weighted by Gasteiger charge is 2.23. The number of aryl methyl sites for hydroxylation is 2. The van der Waals surface area contributed by atoms with Crippen molar-refractivity contribution in [2.24, 2.45) is 0 Å². The molecule has 3 aromatic heterocycles. The zero-order valence-electron chi connectivity index (χ0n) is 13.4. The largest absolute Gasteiger partial charge is 0.317 e. The molecule has 0 amide bonds. The van der Waals surface area contributed by atoms with Gasteiger partial charge < -0.3 is 9.13 Å². The van der Waals surface area contributed by atoms with Crippen LogP contribution in [0.25, 0.3) is 0 Å². The molecule has 0 atom stereocenters. The Labute approximate surface area is 140 Å². The van der Waals surface area contributed by atoms with Crippen molar-refractivity contribution in [1.82, 2.24) is 24.1 Å². The molecule has 0 unspecified atom stereocenters. The summed E-state index contributed by atoms with van der Waals surface area (Å²) in [6, 6.07) is 6.19. The van der Waals surface area contributed by atoms with Crippen molar-refractivity contribution in [3.8, 4) is 0 Å². The van der Waals surface area contributed by atoms with E-state index < -0.39 is 0 Å². The number of pyridine rings is 1. The van der Waals surface area contributed by atoms with E-state index in [2.05, 4.69) is 47.1 Å². The van der Waals surface area contributed by atoms with Gasteiger partial charge in [-0.2, -0.15) is 0 Å². The number of rotatable bonds is 2. The van der Waals surface area contributed by atoms with Crippen LogP contribution in [-0.2, 0) is 13.1 Å². The van der Waals surface area contributed by atoms with Crippen LogP contribution in [0.3, 0.4) is 0 Å². The second-order valence-electron chi connectivity index (χ2n) is 6.21. The minimum Gasteiger partial charge on any atom is -0.317 e. The van der Waals surface area contributed by atoms with E-state index in [4.69, 9.17) is 4.98 Å². The molecule has 3 aromatic rings. The molecule has 7 nitrogen and oxygen atoms in total. The summed E-state index contributed by atoms with van der Waals surface area (Å²) >= 11 is 0. The lowest BCUT2D eigenvalue weighted by Gasteiger charge is -2.31. The summed E-state index contributed by atoms with van der Waals surface area (Å²) in [6.07, 6.45) is 9.99. The third-order valence-electron chi connectivity index (χ3n) is 4.70. The van der Waals surface area contributed by atoms with E-state index in [0.717, 1.165) is 62.6 Å². The average molecular weight is 321 g/mol. The van der Waals surface area contributed by atoms with Gasteiger partial charge in [0.1, 0.15) is 11.6 Å². The molecule has 0 radical (unpaired) electrons. The Bertz CT molecular complexity index is 798. The third kappa shape index (κ3) is 2.08. The summed E-state index contributed by atoms with van der Waals surface area (Å²) in [5, 5.41) is 0. The van der Waals surface area contributed by atoms with Gasteiger partial charge in [0.2, 0.25) is 11.9 Å². The predicted octanol–water partition coefficient (Wildman–Crippen LogP) is 2.56. The van der Waals surface area contributed by atoms with Gasteiger partial charge in [0.15, 0.2) is 0 Å². The quantitative estimate of drug-likeness (QED) is 0.726. The normalized spacial score (nSPS) is 16.8. The van der Waals surface area contributed by atoms with Crippen LogP contribution < -0.4 is 9.80 Å². The molecule has 0 fully saturated rings. The summed E-state index contributed by atoms with van der Waals surface area (Å²) in [4.78, 5) is 18.3. The Hall–Kier alpha value is -2.83. The number of imidazole rings is 2. The molecule has 0 spiro atoms. The predicted molar refractivity (Wildman–Crippen MR) is 91.9 cm³/mol. The van der Waals surface area contributed by atoms with Crippen LogP contribution in [0.15, 0.2) is 43.0 Å². The second kappa shape index (κ2) is 5.36. The van der Waals surface area contributed by atoms with Gasteiger partial charge in [0.05, 0.1) is 0 Å². The number of nitrogens with zero attached hydrogens (tertiary/aromatic N) is 7. The summed E-state index contributed by atoms with van der Waals surface area (Å²) in [6.45, 7) is 3.94. The fourth-order valence-electron chi connectivity index (χ4n) is 3.59. The first-order valence-corrected chi connectivity index (χ1v) is 8.44. The zero-order chi connectivity index (χ0) is 15.9. The highest BCUT2D eigenvalue weighted by molar-refractivity contribution is 5.60. The molecule has 0 N–H and O–H groups in total. The first kappa shape index (κ1) is 13.6. The van der Waals surface area contributed by atoms with Crippen molar-refractivity contribution in [3.63, 3.8) is 0 Å². The SMILES string of the molecule is c1cc(N2CCCn3ccnc32)nc(N2CCCn3ccnc32)c1. The first-order chi connectivity index (χ1) is 11.9. The van der Waals surface area contributed by atoms with E-state index in [9.17, 15) is 0 Å². The molecule has 5 heterocycles. The van der Waals surface area contributed by atoms with E-state index in [0.29, 0.717) is 0 Å². The van der Waals surface area contributed by atoms with Gasteiger partial charge in [0.25, 0.3) is 0 Å². The number of hydrogen-bond acceptors (Lipinski definition) is 5. The summed E-state index contributed by atoms with van der Waals surface area (Å²) < 4.78 is 4.37. The van der Waals surface area contributed by atoms with E-state index in [1.807, 2.05) is 24.8 Å². The van der Waals surface area contributed by atoms with Crippen molar-refractivity contribution in [2.75, 3.05) is 22.9 Å². The molecule has 122 valence electrons. The van der Waals surface area contributed by atoms with Crippen LogP contribution in [0.2, 0.25) is 0 Å².